The molecule has 3 aromatic rings. The Labute approximate surface area is 169 Å². The minimum absolute atomic E-state index is 0.401. The molecule has 0 unspecified atom stereocenters. The van der Waals surface area contributed by atoms with E-state index in [1.165, 1.54) is 0 Å². The molecule has 146 valence electrons. The van der Waals surface area contributed by atoms with Gasteiger partial charge in [0.25, 0.3) is 6.01 Å². The first-order chi connectivity index (χ1) is 13.6. The Hall–Kier alpha value is -2.70. The number of fused-ring (bicyclic) bond motifs is 1. The van der Waals surface area contributed by atoms with Gasteiger partial charge in [-0.2, -0.15) is 4.98 Å². The van der Waals surface area contributed by atoms with Crippen LogP contribution in [0, 0.1) is 0 Å². The van der Waals surface area contributed by atoms with Gasteiger partial charge in [-0.05, 0) is 35.4 Å². The molecule has 1 aliphatic heterocycles. The predicted molar refractivity (Wildman–Crippen MR) is 108 cm³/mol. The summed E-state index contributed by atoms with van der Waals surface area (Å²) in [4.78, 5) is 6.71. The molecule has 0 radical (unpaired) electrons. The van der Waals surface area contributed by atoms with E-state index in [0.29, 0.717) is 37.5 Å². The van der Waals surface area contributed by atoms with Gasteiger partial charge in [0, 0.05) is 12.1 Å². The van der Waals surface area contributed by atoms with Crippen LogP contribution in [0.4, 0.5) is 5.82 Å². The van der Waals surface area contributed by atoms with Gasteiger partial charge in [-0.1, -0.05) is 35.9 Å². The van der Waals surface area contributed by atoms with Crippen molar-refractivity contribution in [2.75, 3.05) is 25.8 Å². The molecule has 0 saturated heterocycles. The van der Waals surface area contributed by atoms with Gasteiger partial charge in [0.15, 0.2) is 5.82 Å². The molecule has 0 aliphatic carbocycles. The average Bonchev–Trinajstić information content (AvgIpc) is 3.07. The van der Waals surface area contributed by atoms with Crippen molar-refractivity contribution >= 4 is 17.4 Å². The van der Waals surface area contributed by atoms with E-state index in [2.05, 4.69) is 4.57 Å². The lowest BCUT2D eigenvalue weighted by atomic mass is 10.2. The maximum atomic E-state index is 6.11. The van der Waals surface area contributed by atoms with Crippen molar-refractivity contribution in [3.05, 3.63) is 70.4 Å². The number of rotatable bonds is 6. The van der Waals surface area contributed by atoms with Crippen LogP contribution in [-0.2, 0) is 24.5 Å². The summed E-state index contributed by atoms with van der Waals surface area (Å²) in [7, 11) is 3.62. The van der Waals surface area contributed by atoms with Crippen LogP contribution in [-0.4, -0.2) is 30.4 Å². The Morgan fingerprint density at radius 2 is 1.96 bits per heavy atom. The van der Waals surface area contributed by atoms with Crippen LogP contribution in [0.2, 0.25) is 5.02 Å². The van der Waals surface area contributed by atoms with E-state index in [0.717, 1.165) is 28.4 Å². The predicted octanol–water partition coefficient (Wildman–Crippen LogP) is 4.10. The van der Waals surface area contributed by atoms with Gasteiger partial charge >= 0.3 is 0 Å². The summed E-state index contributed by atoms with van der Waals surface area (Å²) in [5.41, 5.74) is 3.14. The Balaban J connectivity index is 1.62. The van der Waals surface area contributed by atoms with Gasteiger partial charge in [0.1, 0.15) is 19.1 Å². The topological polar surface area (TPSA) is 48.8 Å². The number of aromatic nitrogens is 2. The summed E-state index contributed by atoms with van der Waals surface area (Å²) in [6.07, 6.45) is 0. The van der Waals surface area contributed by atoms with Crippen molar-refractivity contribution in [2.24, 2.45) is 0 Å². The van der Waals surface area contributed by atoms with E-state index in [4.69, 9.17) is 30.8 Å². The summed E-state index contributed by atoms with van der Waals surface area (Å²) in [5, 5.41) is 0.717. The van der Waals surface area contributed by atoms with E-state index >= 15 is 0 Å². The Morgan fingerprint density at radius 3 is 2.75 bits per heavy atom. The molecular formula is C21H22ClN3O3. The number of ether oxygens (including phenoxy) is 3. The molecule has 0 amide bonds. The van der Waals surface area contributed by atoms with Crippen LogP contribution in [0.1, 0.15) is 16.8 Å². The highest BCUT2D eigenvalue weighted by molar-refractivity contribution is 6.30. The van der Waals surface area contributed by atoms with Crippen molar-refractivity contribution in [3.63, 3.8) is 0 Å². The van der Waals surface area contributed by atoms with Gasteiger partial charge in [-0.25, -0.2) is 0 Å². The minimum atomic E-state index is 0.401. The van der Waals surface area contributed by atoms with E-state index < -0.39 is 0 Å². The van der Waals surface area contributed by atoms with Crippen LogP contribution < -0.4 is 14.4 Å². The quantitative estimate of drug-likeness (QED) is 0.624. The lowest BCUT2D eigenvalue weighted by Crippen LogP contribution is -2.27. The molecule has 0 N–H and O–H groups in total. The molecular weight excluding hydrogens is 378 g/mol. The second-order valence-electron chi connectivity index (χ2n) is 6.69. The first-order valence-corrected chi connectivity index (χ1v) is 9.40. The molecule has 0 atom stereocenters. The highest BCUT2D eigenvalue weighted by atomic mass is 35.5. The number of halogens is 1. The van der Waals surface area contributed by atoms with Crippen LogP contribution >= 0.6 is 11.6 Å². The molecule has 2 heterocycles. The van der Waals surface area contributed by atoms with Crippen LogP contribution in [0.25, 0.3) is 0 Å². The maximum absolute atomic E-state index is 6.11. The molecule has 6 nitrogen and oxygen atoms in total. The fourth-order valence-corrected chi connectivity index (χ4v) is 3.32. The SMILES string of the molecule is COc1cccc(COc2nc3c(n2Cc2ccc(Cl)cc2)COCN3C)c1. The molecule has 2 aromatic carbocycles. The lowest BCUT2D eigenvalue weighted by molar-refractivity contribution is 0.107. The number of anilines is 1. The first kappa shape index (κ1) is 18.7. The second kappa shape index (κ2) is 8.12. The molecule has 0 spiro atoms. The van der Waals surface area contributed by atoms with Crippen molar-refractivity contribution in [3.8, 4) is 11.8 Å². The van der Waals surface area contributed by atoms with E-state index in [1.54, 1.807) is 7.11 Å². The molecule has 1 aliphatic rings. The third kappa shape index (κ3) is 3.93. The van der Waals surface area contributed by atoms with Gasteiger partial charge in [0.05, 0.1) is 26.0 Å². The number of imidazole rings is 1. The highest BCUT2D eigenvalue weighted by Crippen LogP contribution is 2.30. The van der Waals surface area contributed by atoms with E-state index in [-0.39, 0.29) is 0 Å². The lowest BCUT2D eigenvalue weighted by Gasteiger charge is -2.24. The maximum Gasteiger partial charge on any atom is 0.299 e. The van der Waals surface area contributed by atoms with Crippen molar-refractivity contribution in [1.29, 1.82) is 0 Å². The van der Waals surface area contributed by atoms with E-state index in [9.17, 15) is 0 Å². The third-order valence-corrected chi connectivity index (χ3v) is 4.91. The molecule has 1 aromatic heterocycles. The number of nitrogens with zero attached hydrogens (tertiary/aromatic N) is 3. The van der Waals surface area contributed by atoms with Crippen LogP contribution in [0.3, 0.4) is 0 Å². The van der Waals surface area contributed by atoms with Crippen LogP contribution in [0.5, 0.6) is 11.8 Å². The first-order valence-electron chi connectivity index (χ1n) is 9.02. The Bertz CT molecular complexity index is 956. The number of benzene rings is 2. The van der Waals surface area contributed by atoms with E-state index in [1.807, 2.05) is 60.5 Å². The minimum Gasteiger partial charge on any atom is -0.497 e. The zero-order valence-electron chi connectivity index (χ0n) is 15.9. The molecule has 0 bridgehead atoms. The largest absolute Gasteiger partial charge is 0.497 e. The Kier molecular flexibility index (Phi) is 5.41. The smallest absolute Gasteiger partial charge is 0.299 e. The summed E-state index contributed by atoms with van der Waals surface area (Å²) >= 11 is 6.02. The summed E-state index contributed by atoms with van der Waals surface area (Å²) < 4.78 is 19.1. The van der Waals surface area contributed by atoms with Crippen molar-refractivity contribution in [1.82, 2.24) is 9.55 Å². The summed E-state index contributed by atoms with van der Waals surface area (Å²) in [5.74, 6) is 1.69. The van der Waals surface area contributed by atoms with Crippen molar-refractivity contribution < 1.29 is 14.2 Å². The van der Waals surface area contributed by atoms with Gasteiger partial charge in [-0.15, -0.1) is 0 Å². The molecule has 28 heavy (non-hydrogen) atoms. The fraction of sp³-hybridized carbons (Fsp3) is 0.286. The summed E-state index contributed by atoms with van der Waals surface area (Å²) in [6.45, 7) is 2.05. The monoisotopic (exact) mass is 399 g/mol. The Morgan fingerprint density at radius 1 is 1.14 bits per heavy atom. The normalized spacial score (nSPS) is 13.3. The molecule has 4 rings (SSSR count). The summed E-state index contributed by atoms with van der Waals surface area (Å²) in [6, 6.07) is 16.2. The molecule has 7 heteroatoms. The van der Waals surface area contributed by atoms with Gasteiger partial charge < -0.3 is 19.1 Å². The number of hydrogen-bond acceptors (Lipinski definition) is 5. The number of methoxy groups -OCH3 is 1. The molecule has 0 saturated carbocycles. The zero-order chi connectivity index (χ0) is 19.5. The zero-order valence-corrected chi connectivity index (χ0v) is 16.6. The third-order valence-electron chi connectivity index (χ3n) is 4.66. The second-order valence-corrected chi connectivity index (χ2v) is 7.13. The van der Waals surface area contributed by atoms with Crippen LogP contribution in [0.15, 0.2) is 48.5 Å². The average molecular weight is 400 g/mol. The fourth-order valence-electron chi connectivity index (χ4n) is 3.20. The van der Waals surface area contributed by atoms with Gasteiger partial charge in [0.2, 0.25) is 0 Å². The van der Waals surface area contributed by atoms with Gasteiger partial charge in [-0.3, -0.25) is 4.57 Å². The highest BCUT2D eigenvalue weighted by Gasteiger charge is 2.25. The number of hydrogen-bond donors (Lipinski definition) is 0. The molecule has 0 fully saturated rings. The standard InChI is InChI=1S/C21H22ClN3O3/c1-24-14-27-13-19-20(24)23-21(25(19)11-15-6-8-17(22)9-7-15)28-12-16-4-3-5-18(10-16)26-2/h3-10H,11-14H2,1-2H3. The van der Waals surface area contributed by atoms with Crippen molar-refractivity contribution in [2.45, 2.75) is 19.8 Å².